The van der Waals surface area contributed by atoms with Crippen molar-refractivity contribution in [3.05, 3.63) is 57.8 Å². The van der Waals surface area contributed by atoms with Crippen LogP contribution in [-0.4, -0.2) is 21.0 Å². The summed E-state index contributed by atoms with van der Waals surface area (Å²) in [6.07, 6.45) is 1.23. The van der Waals surface area contributed by atoms with Gasteiger partial charge in [0, 0.05) is 11.8 Å². The Morgan fingerprint density at radius 3 is 2.86 bits per heavy atom. The Bertz CT molecular complexity index is 700. The molecule has 2 aromatic rings. The van der Waals surface area contributed by atoms with E-state index in [9.17, 15) is 14.9 Å². The molecule has 1 heterocycles. The van der Waals surface area contributed by atoms with Gasteiger partial charge in [-0.3, -0.25) is 14.9 Å². The first-order valence-corrected chi connectivity index (χ1v) is 6.05. The number of carboxylic acids is 1. The number of hydrogen-bond donors (Lipinski definition) is 1. The lowest BCUT2D eigenvalue weighted by atomic mass is 10.1. The van der Waals surface area contributed by atoms with Gasteiger partial charge >= 0.3 is 5.97 Å². The summed E-state index contributed by atoms with van der Waals surface area (Å²) in [5.74, 6) is -0.490. The minimum atomic E-state index is -0.948. The van der Waals surface area contributed by atoms with Crippen LogP contribution in [0.5, 0.6) is 11.6 Å². The van der Waals surface area contributed by atoms with Crippen molar-refractivity contribution in [3.8, 4) is 11.6 Å². The molecule has 0 unspecified atom stereocenters. The zero-order chi connectivity index (χ0) is 15.4. The normalized spacial score (nSPS) is 10.1. The van der Waals surface area contributed by atoms with E-state index in [0.29, 0.717) is 16.9 Å². The first kappa shape index (κ1) is 14.4. The molecule has 21 heavy (non-hydrogen) atoms. The van der Waals surface area contributed by atoms with Gasteiger partial charge in [0.05, 0.1) is 17.4 Å². The molecule has 0 atom stereocenters. The van der Waals surface area contributed by atoms with Gasteiger partial charge in [-0.1, -0.05) is 12.1 Å². The molecule has 108 valence electrons. The van der Waals surface area contributed by atoms with Gasteiger partial charge in [0.2, 0.25) is 5.88 Å². The molecular formula is C14H12N2O5. The van der Waals surface area contributed by atoms with Crippen molar-refractivity contribution in [2.75, 3.05) is 0 Å². The highest BCUT2D eigenvalue weighted by Gasteiger charge is 2.13. The summed E-state index contributed by atoms with van der Waals surface area (Å²) in [5.41, 5.74) is 0.926. The fourth-order valence-electron chi connectivity index (χ4n) is 1.76. The molecule has 0 aliphatic heterocycles. The van der Waals surface area contributed by atoms with Gasteiger partial charge in [-0.25, -0.2) is 4.98 Å². The predicted molar refractivity (Wildman–Crippen MR) is 73.5 cm³/mol. The maximum absolute atomic E-state index is 10.9. The van der Waals surface area contributed by atoms with Crippen LogP contribution >= 0.6 is 0 Å². The maximum Gasteiger partial charge on any atom is 0.307 e. The predicted octanol–water partition coefficient (Wildman–Crippen LogP) is 2.72. The number of nitrogens with zero attached hydrogens (tertiary/aromatic N) is 2. The van der Waals surface area contributed by atoms with Gasteiger partial charge in [0.25, 0.3) is 5.69 Å². The zero-order valence-corrected chi connectivity index (χ0v) is 11.1. The first-order chi connectivity index (χ1) is 9.95. The summed E-state index contributed by atoms with van der Waals surface area (Å²) in [6.45, 7) is 1.59. The topological polar surface area (TPSA) is 103 Å². The third-order valence-corrected chi connectivity index (χ3v) is 2.72. The molecule has 0 saturated carbocycles. The Hall–Kier alpha value is -2.96. The van der Waals surface area contributed by atoms with E-state index in [1.807, 2.05) is 0 Å². The molecule has 0 aliphatic rings. The van der Waals surface area contributed by atoms with Crippen LogP contribution in [0.25, 0.3) is 0 Å². The Morgan fingerprint density at radius 2 is 2.19 bits per heavy atom. The van der Waals surface area contributed by atoms with E-state index in [4.69, 9.17) is 9.84 Å². The molecule has 1 aromatic carbocycles. The van der Waals surface area contributed by atoms with E-state index in [2.05, 4.69) is 4.98 Å². The summed E-state index contributed by atoms with van der Waals surface area (Å²) in [4.78, 5) is 25.0. The Morgan fingerprint density at radius 1 is 1.43 bits per heavy atom. The van der Waals surface area contributed by atoms with Gasteiger partial charge in [-0.15, -0.1) is 0 Å². The van der Waals surface area contributed by atoms with Crippen LogP contribution in [0.3, 0.4) is 0 Å². The summed E-state index contributed by atoms with van der Waals surface area (Å²) in [5, 5.41) is 19.6. The van der Waals surface area contributed by atoms with Crippen LogP contribution < -0.4 is 4.74 Å². The average molecular weight is 288 g/mol. The van der Waals surface area contributed by atoms with Crippen LogP contribution in [0.15, 0.2) is 36.5 Å². The van der Waals surface area contributed by atoms with Crippen molar-refractivity contribution < 1.29 is 19.6 Å². The number of hydrogen-bond acceptors (Lipinski definition) is 5. The van der Waals surface area contributed by atoms with E-state index in [-0.39, 0.29) is 18.0 Å². The number of carboxylic acid groups (broad SMARTS) is 1. The third kappa shape index (κ3) is 3.75. The van der Waals surface area contributed by atoms with Crippen LogP contribution in [-0.2, 0) is 11.2 Å². The molecule has 7 heteroatoms. The standard InChI is InChI=1S/C14H12N2O5/c1-9-8-15-13(7-12(9)16(19)20)21-11-4-2-3-10(5-11)6-14(17)18/h2-5,7-8H,6H2,1H3,(H,17,18). The molecule has 1 N–H and O–H groups in total. The van der Waals surface area contributed by atoms with Crippen LogP contribution in [0, 0.1) is 17.0 Å². The lowest BCUT2D eigenvalue weighted by Gasteiger charge is -2.06. The Labute approximate surface area is 120 Å². The van der Waals surface area contributed by atoms with Gasteiger partial charge in [-0.05, 0) is 24.6 Å². The fraction of sp³-hybridized carbons (Fsp3) is 0.143. The molecule has 0 spiro atoms. The number of aromatic nitrogens is 1. The number of aliphatic carboxylic acids is 1. The van der Waals surface area contributed by atoms with Gasteiger partial charge in [0.15, 0.2) is 0 Å². The number of ether oxygens (including phenoxy) is 1. The van der Waals surface area contributed by atoms with Crippen LogP contribution in [0.4, 0.5) is 5.69 Å². The second-order valence-electron chi connectivity index (χ2n) is 4.39. The number of nitro groups is 1. The van der Waals surface area contributed by atoms with Crippen molar-refractivity contribution in [2.45, 2.75) is 13.3 Å². The van der Waals surface area contributed by atoms with Crippen molar-refractivity contribution in [3.63, 3.8) is 0 Å². The maximum atomic E-state index is 10.9. The second-order valence-corrected chi connectivity index (χ2v) is 4.39. The molecule has 0 amide bonds. The first-order valence-electron chi connectivity index (χ1n) is 6.05. The monoisotopic (exact) mass is 288 g/mol. The number of rotatable bonds is 5. The number of benzene rings is 1. The summed E-state index contributed by atoms with van der Waals surface area (Å²) >= 11 is 0. The summed E-state index contributed by atoms with van der Waals surface area (Å²) in [7, 11) is 0. The summed E-state index contributed by atoms with van der Waals surface area (Å²) in [6, 6.07) is 7.72. The van der Waals surface area contributed by atoms with Crippen molar-refractivity contribution in [1.29, 1.82) is 0 Å². The van der Waals surface area contributed by atoms with E-state index < -0.39 is 10.9 Å². The summed E-state index contributed by atoms with van der Waals surface area (Å²) < 4.78 is 5.44. The molecule has 1 aromatic heterocycles. The van der Waals surface area contributed by atoms with E-state index >= 15 is 0 Å². The molecule has 2 rings (SSSR count). The largest absolute Gasteiger partial charge is 0.481 e. The third-order valence-electron chi connectivity index (χ3n) is 2.72. The Balaban J connectivity index is 2.24. The minimum Gasteiger partial charge on any atom is -0.481 e. The minimum absolute atomic E-state index is 0.0818. The van der Waals surface area contributed by atoms with Crippen molar-refractivity contribution >= 4 is 11.7 Å². The van der Waals surface area contributed by atoms with Gasteiger partial charge < -0.3 is 9.84 Å². The zero-order valence-electron chi connectivity index (χ0n) is 11.1. The SMILES string of the molecule is Cc1cnc(Oc2cccc(CC(=O)O)c2)cc1[N+](=O)[O-]. The lowest BCUT2D eigenvalue weighted by molar-refractivity contribution is -0.385. The van der Waals surface area contributed by atoms with Crippen LogP contribution in [0.1, 0.15) is 11.1 Å². The van der Waals surface area contributed by atoms with Gasteiger partial charge in [0.1, 0.15) is 5.75 Å². The molecular weight excluding hydrogens is 276 g/mol. The molecule has 0 radical (unpaired) electrons. The highest BCUT2D eigenvalue weighted by molar-refractivity contribution is 5.70. The average Bonchev–Trinajstić information content (AvgIpc) is 2.40. The smallest absolute Gasteiger partial charge is 0.307 e. The highest BCUT2D eigenvalue weighted by Crippen LogP contribution is 2.26. The number of carbonyl (C=O) groups is 1. The molecule has 0 bridgehead atoms. The van der Waals surface area contributed by atoms with E-state index in [0.717, 1.165) is 0 Å². The van der Waals surface area contributed by atoms with Crippen molar-refractivity contribution in [2.24, 2.45) is 0 Å². The Kier molecular flexibility index (Phi) is 4.13. The fourth-order valence-corrected chi connectivity index (χ4v) is 1.76. The van der Waals surface area contributed by atoms with Crippen molar-refractivity contribution in [1.82, 2.24) is 4.98 Å². The highest BCUT2D eigenvalue weighted by atomic mass is 16.6. The van der Waals surface area contributed by atoms with E-state index in [1.54, 1.807) is 31.2 Å². The molecule has 0 saturated heterocycles. The number of pyridine rings is 1. The second kappa shape index (κ2) is 6.00. The molecule has 7 nitrogen and oxygen atoms in total. The molecule has 0 fully saturated rings. The van der Waals surface area contributed by atoms with E-state index in [1.165, 1.54) is 12.3 Å². The lowest BCUT2D eigenvalue weighted by Crippen LogP contribution is -2.00. The van der Waals surface area contributed by atoms with Gasteiger partial charge in [-0.2, -0.15) is 0 Å². The molecule has 0 aliphatic carbocycles. The van der Waals surface area contributed by atoms with Crippen LogP contribution in [0.2, 0.25) is 0 Å². The number of aryl methyl sites for hydroxylation is 1. The quantitative estimate of drug-likeness (QED) is 0.670.